The van der Waals surface area contributed by atoms with Crippen LogP contribution in [0.2, 0.25) is 0 Å². The molecule has 1 atom stereocenters. The maximum atomic E-state index is 12.2. The lowest BCUT2D eigenvalue weighted by Crippen LogP contribution is -2.41. The van der Waals surface area contributed by atoms with Gasteiger partial charge in [0.1, 0.15) is 12.4 Å². The molecule has 0 spiro atoms. The van der Waals surface area contributed by atoms with Crippen LogP contribution in [-0.4, -0.2) is 24.0 Å². The topological polar surface area (TPSA) is 60.5 Å². The summed E-state index contributed by atoms with van der Waals surface area (Å²) in [6.45, 7) is 8.67. The standard InChI is InChI=1S/C20H26N2O3/c1-14(20(2,3)4)22-19(23)16-8-11-18(21-12-16)25-13-15-6-9-17(24-5)10-7-15/h6-12,14H,13H2,1-5H3,(H,22,23)/t14-/m1/s1. The van der Waals surface area contributed by atoms with Gasteiger partial charge in [-0.1, -0.05) is 32.9 Å². The Bertz CT molecular complexity index is 688. The van der Waals surface area contributed by atoms with Gasteiger partial charge >= 0.3 is 0 Å². The Hall–Kier alpha value is -2.56. The molecule has 0 radical (unpaired) electrons. The second kappa shape index (κ2) is 8.01. The first-order valence-electron chi connectivity index (χ1n) is 8.32. The van der Waals surface area contributed by atoms with Crippen LogP contribution in [0.4, 0.5) is 0 Å². The number of rotatable bonds is 6. The van der Waals surface area contributed by atoms with Gasteiger partial charge in [-0.15, -0.1) is 0 Å². The number of carbonyl (C=O) groups excluding carboxylic acids is 1. The van der Waals surface area contributed by atoms with Crippen LogP contribution < -0.4 is 14.8 Å². The predicted octanol–water partition coefficient (Wildman–Crippen LogP) is 3.83. The normalized spacial score (nSPS) is 12.4. The molecule has 0 aliphatic rings. The van der Waals surface area contributed by atoms with E-state index < -0.39 is 0 Å². The van der Waals surface area contributed by atoms with Crippen molar-refractivity contribution in [3.8, 4) is 11.6 Å². The molecule has 5 heteroatoms. The van der Waals surface area contributed by atoms with Gasteiger partial charge in [0, 0.05) is 18.3 Å². The average molecular weight is 342 g/mol. The number of hydrogen-bond acceptors (Lipinski definition) is 4. The van der Waals surface area contributed by atoms with E-state index in [1.165, 1.54) is 6.20 Å². The maximum Gasteiger partial charge on any atom is 0.253 e. The summed E-state index contributed by atoms with van der Waals surface area (Å²) in [5.74, 6) is 1.16. The average Bonchev–Trinajstić information content (AvgIpc) is 2.60. The molecular formula is C20H26N2O3. The fourth-order valence-corrected chi connectivity index (χ4v) is 1.98. The molecule has 0 unspecified atom stereocenters. The van der Waals surface area contributed by atoms with Gasteiger partial charge in [-0.05, 0) is 36.1 Å². The second-order valence-electron chi connectivity index (χ2n) is 7.08. The van der Waals surface area contributed by atoms with Gasteiger partial charge < -0.3 is 14.8 Å². The highest BCUT2D eigenvalue weighted by Gasteiger charge is 2.22. The van der Waals surface area contributed by atoms with E-state index in [0.29, 0.717) is 18.1 Å². The molecule has 0 aliphatic carbocycles. The number of ether oxygens (including phenoxy) is 2. The van der Waals surface area contributed by atoms with Crippen LogP contribution in [0, 0.1) is 5.41 Å². The van der Waals surface area contributed by atoms with Crippen LogP contribution in [0.3, 0.4) is 0 Å². The molecule has 0 aliphatic heterocycles. The lowest BCUT2D eigenvalue weighted by atomic mass is 9.88. The summed E-state index contributed by atoms with van der Waals surface area (Å²) in [6.07, 6.45) is 1.54. The Morgan fingerprint density at radius 2 is 1.84 bits per heavy atom. The van der Waals surface area contributed by atoms with Gasteiger partial charge in [0.15, 0.2) is 0 Å². The molecule has 2 aromatic rings. The van der Waals surface area contributed by atoms with Crippen molar-refractivity contribution in [2.24, 2.45) is 5.41 Å². The molecule has 134 valence electrons. The minimum absolute atomic E-state index is 0.00447. The highest BCUT2D eigenvalue weighted by molar-refractivity contribution is 5.94. The smallest absolute Gasteiger partial charge is 0.253 e. The Balaban J connectivity index is 1.91. The number of aromatic nitrogens is 1. The van der Waals surface area contributed by atoms with E-state index in [1.54, 1.807) is 19.2 Å². The molecule has 1 heterocycles. The quantitative estimate of drug-likeness (QED) is 0.866. The summed E-state index contributed by atoms with van der Waals surface area (Å²) in [6, 6.07) is 11.1. The van der Waals surface area contributed by atoms with Crippen molar-refractivity contribution < 1.29 is 14.3 Å². The number of methoxy groups -OCH3 is 1. The maximum absolute atomic E-state index is 12.2. The summed E-state index contributed by atoms with van der Waals surface area (Å²) in [4.78, 5) is 16.5. The first-order valence-corrected chi connectivity index (χ1v) is 8.32. The molecule has 1 aromatic heterocycles. The van der Waals surface area contributed by atoms with E-state index in [4.69, 9.17) is 9.47 Å². The van der Waals surface area contributed by atoms with E-state index >= 15 is 0 Å². The highest BCUT2D eigenvalue weighted by Crippen LogP contribution is 2.19. The minimum atomic E-state index is -0.128. The molecule has 0 saturated carbocycles. The number of carbonyl (C=O) groups is 1. The van der Waals surface area contributed by atoms with Crippen LogP contribution >= 0.6 is 0 Å². The zero-order valence-corrected chi connectivity index (χ0v) is 15.5. The van der Waals surface area contributed by atoms with Crippen molar-refractivity contribution in [3.63, 3.8) is 0 Å². The summed E-state index contributed by atoms with van der Waals surface area (Å²) < 4.78 is 10.8. The zero-order chi connectivity index (χ0) is 18.4. The first-order chi connectivity index (χ1) is 11.8. The summed E-state index contributed by atoms with van der Waals surface area (Å²) in [5, 5.41) is 2.99. The van der Waals surface area contributed by atoms with Crippen molar-refractivity contribution in [3.05, 3.63) is 53.7 Å². The monoisotopic (exact) mass is 342 g/mol. The highest BCUT2D eigenvalue weighted by atomic mass is 16.5. The van der Waals surface area contributed by atoms with Gasteiger partial charge in [0.25, 0.3) is 5.91 Å². The molecule has 0 saturated heterocycles. The van der Waals surface area contributed by atoms with Gasteiger partial charge in [-0.25, -0.2) is 4.98 Å². The molecule has 0 fully saturated rings. The lowest BCUT2D eigenvalue weighted by Gasteiger charge is -2.28. The Kier molecular flexibility index (Phi) is 6.02. The number of nitrogens with one attached hydrogen (secondary N) is 1. The van der Waals surface area contributed by atoms with E-state index in [1.807, 2.05) is 31.2 Å². The summed E-state index contributed by atoms with van der Waals surface area (Å²) in [7, 11) is 1.63. The number of nitrogens with zero attached hydrogens (tertiary/aromatic N) is 1. The van der Waals surface area contributed by atoms with Crippen LogP contribution in [0.15, 0.2) is 42.6 Å². The Morgan fingerprint density at radius 3 is 2.36 bits per heavy atom. The van der Waals surface area contributed by atoms with E-state index in [-0.39, 0.29) is 17.4 Å². The van der Waals surface area contributed by atoms with E-state index in [0.717, 1.165) is 11.3 Å². The second-order valence-corrected chi connectivity index (χ2v) is 7.08. The van der Waals surface area contributed by atoms with Crippen LogP contribution in [0.25, 0.3) is 0 Å². The van der Waals surface area contributed by atoms with Gasteiger partial charge in [-0.2, -0.15) is 0 Å². The SMILES string of the molecule is COc1ccc(COc2ccc(C(=O)N[C@H](C)C(C)(C)C)cn2)cc1. The predicted molar refractivity (Wildman–Crippen MR) is 97.9 cm³/mol. The van der Waals surface area contributed by atoms with Crippen molar-refractivity contribution >= 4 is 5.91 Å². The largest absolute Gasteiger partial charge is 0.497 e. The Labute approximate surface area is 149 Å². The third kappa shape index (κ3) is 5.48. The number of amides is 1. The van der Waals surface area contributed by atoms with Crippen molar-refractivity contribution in [2.45, 2.75) is 40.3 Å². The first kappa shape index (κ1) is 18.8. The van der Waals surface area contributed by atoms with E-state index in [9.17, 15) is 4.79 Å². The fourth-order valence-electron chi connectivity index (χ4n) is 1.98. The summed E-state index contributed by atoms with van der Waals surface area (Å²) in [5.41, 5.74) is 1.54. The van der Waals surface area contributed by atoms with Gasteiger partial charge in [0.05, 0.1) is 12.7 Å². The molecular weight excluding hydrogens is 316 g/mol. The zero-order valence-electron chi connectivity index (χ0n) is 15.5. The van der Waals surface area contributed by atoms with Crippen molar-refractivity contribution in [2.75, 3.05) is 7.11 Å². The molecule has 25 heavy (non-hydrogen) atoms. The Morgan fingerprint density at radius 1 is 1.16 bits per heavy atom. The third-order valence-corrected chi connectivity index (χ3v) is 4.19. The fraction of sp³-hybridized carbons (Fsp3) is 0.400. The van der Waals surface area contributed by atoms with Crippen LogP contribution in [-0.2, 0) is 6.61 Å². The molecule has 5 nitrogen and oxygen atoms in total. The molecule has 1 amide bonds. The molecule has 1 aromatic carbocycles. The van der Waals surface area contributed by atoms with Gasteiger partial charge in [-0.3, -0.25) is 4.79 Å². The molecule has 1 N–H and O–H groups in total. The van der Waals surface area contributed by atoms with Crippen molar-refractivity contribution in [1.29, 1.82) is 0 Å². The third-order valence-electron chi connectivity index (χ3n) is 4.19. The molecule has 0 bridgehead atoms. The minimum Gasteiger partial charge on any atom is -0.497 e. The molecule has 2 rings (SSSR count). The number of pyridine rings is 1. The summed E-state index contributed by atoms with van der Waals surface area (Å²) >= 11 is 0. The lowest BCUT2D eigenvalue weighted by molar-refractivity contribution is 0.0909. The van der Waals surface area contributed by atoms with Crippen LogP contribution in [0.5, 0.6) is 11.6 Å². The number of benzene rings is 1. The van der Waals surface area contributed by atoms with Gasteiger partial charge in [0.2, 0.25) is 5.88 Å². The number of hydrogen-bond donors (Lipinski definition) is 1. The van der Waals surface area contributed by atoms with Crippen LogP contribution in [0.1, 0.15) is 43.6 Å². The van der Waals surface area contributed by atoms with Crippen molar-refractivity contribution in [1.82, 2.24) is 10.3 Å². The van der Waals surface area contributed by atoms with E-state index in [2.05, 4.69) is 31.1 Å².